The number of para-hydroxylation sites is 2. The van der Waals surface area contributed by atoms with E-state index in [-0.39, 0.29) is 29.6 Å². The zero-order valence-corrected chi connectivity index (χ0v) is 29.7. The van der Waals surface area contributed by atoms with Crippen molar-refractivity contribution in [2.75, 3.05) is 28.4 Å². The largest absolute Gasteiger partial charge is 0.493 e. The first kappa shape index (κ1) is 36.6. The van der Waals surface area contributed by atoms with E-state index in [0.29, 0.717) is 33.9 Å². The molecule has 2 N–H and O–H groups in total. The number of ether oxygens (including phenoxy) is 8. The van der Waals surface area contributed by atoms with Crippen LogP contribution in [0.2, 0.25) is 0 Å². The minimum absolute atomic E-state index is 0.121. The molecule has 0 spiro atoms. The van der Waals surface area contributed by atoms with Crippen molar-refractivity contribution in [2.24, 2.45) is 0 Å². The second-order valence-electron chi connectivity index (χ2n) is 11.6. The van der Waals surface area contributed by atoms with Crippen molar-refractivity contribution >= 4 is 0 Å². The molecule has 0 aliphatic carbocycles. The van der Waals surface area contributed by atoms with Gasteiger partial charge < -0.3 is 48.1 Å². The Morgan fingerprint density at radius 2 is 0.811 bits per heavy atom. The van der Waals surface area contributed by atoms with Crippen LogP contribution >= 0.6 is 0 Å². The maximum absolute atomic E-state index is 11.0. The first-order chi connectivity index (χ1) is 25.9. The second-order valence-corrected chi connectivity index (χ2v) is 11.6. The third-order valence-electron chi connectivity index (χ3n) is 8.28. The Labute approximate surface area is 308 Å². The topological polar surface area (TPSA) is 114 Å². The van der Waals surface area contributed by atoms with Gasteiger partial charge in [-0.2, -0.15) is 0 Å². The Morgan fingerprint density at radius 3 is 1.26 bits per heavy atom. The molecule has 0 aliphatic rings. The van der Waals surface area contributed by atoms with Gasteiger partial charge in [0.15, 0.2) is 23.0 Å². The Bertz CT molecular complexity index is 2080. The molecule has 2 unspecified atom stereocenters. The molecule has 0 radical (unpaired) electrons. The Morgan fingerprint density at radius 1 is 0.415 bits per heavy atom. The SMILES string of the molecule is COCc1cc(-c2cc(OC)c(OC(O)Oc3ccccc3-c3ccccc3)c(OC)c2)cc(OC)c1OC(O)Oc1ccccc1-c1ccccc1. The fourth-order valence-electron chi connectivity index (χ4n) is 5.86. The van der Waals surface area contributed by atoms with Crippen LogP contribution in [-0.4, -0.2) is 51.6 Å². The molecule has 53 heavy (non-hydrogen) atoms. The fraction of sp³-hybridized carbons (Fsp3) is 0.163. The molecular weight excluding hydrogens is 676 g/mol. The van der Waals surface area contributed by atoms with Crippen LogP contribution in [0.3, 0.4) is 0 Å². The van der Waals surface area contributed by atoms with Crippen LogP contribution in [0.1, 0.15) is 5.56 Å². The summed E-state index contributed by atoms with van der Waals surface area (Å²) < 4.78 is 46.2. The van der Waals surface area contributed by atoms with Crippen molar-refractivity contribution in [3.63, 3.8) is 0 Å². The zero-order valence-electron chi connectivity index (χ0n) is 29.7. The summed E-state index contributed by atoms with van der Waals surface area (Å²) in [7, 11) is 6.01. The second kappa shape index (κ2) is 17.3. The van der Waals surface area contributed by atoms with E-state index in [9.17, 15) is 10.2 Å². The van der Waals surface area contributed by atoms with Crippen molar-refractivity contribution in [1.82, 2.24) is 0 Å². The van der Waals surface area contributed by atoms with Gasteiger partial charge in [0.25, 0.3) is 0 Å². The summed E-state index contributed by atoms with van der Waals surface area (Å²) in [5.74, 6) is 2.08. The molecule has 2 atom stereocenters. The minimum atomic E-state index is -1.70. The lowest BCUT2D eigenvalue weighted by Crippen LogP contribution is -2.24. The maximum atomic E-state index is 11.0. The van der Waals surface area contributed by atoms with Gasteiger partial charge >= 0.3 is 13.0 Å². The average molecular weight is 717 g/mol. The first-order valence-corrected chi connectivity index (χ1v) is 16.7. The number of aliphatic hydroxyl groups excluding tert-OH is 2. The third kappa shape index (κ3) is 8.65. The van der Waals surface area contributed by atoms with Gasteiger partial charge in [0.1, 0.15) is 11.5 Å². The molecule has 6 rings (SSSR count). The van der Waals surface area contributed by atoms with Crippen LogP contribution in [0.15, 0.2) is 133 Å². The third-order valence-corrected chi connectivity index (χ3v) is 8.28. The number of hydrogen-bond acceptors (Lipinski definition) is 10. The molecular formula is C43H40O10. The van der Waals surface area contributed by atoms with Crippen LogP contribution in [0.4, 0.5) is 0 Å². The van der Waals surface area contributed by atoms with Gasteiger partial charge in [-0.05, 0) is 58.7 Å². The number of methoxy groups -OCH3 is 4. The Kier molecular flexibility index (Phi) is 12.0. The molecule has 0 fully saturated rings. The minimum Gasteiger partial charge on any atom is -0.493 e. The molecule has 0 saturated heterocycles. The molecule has 0 aromatic heterocycles. The van der Waals surface area contributed by atoms with Crippen LogP contribution in [0.25, 0.3) is 33.4 Å². The molecule has 272 valence electrons. The molecule has 0 bridgehead atoms. The van der Waals surface area contributed by atoms with E-state index >= 15 is 0 Å². The van der Waals surface area contributed by atoms with E-state index < -0.39 is 13.0 Å². The van der Waals surface area contributed by atoms with Gasteiger partial charge in [-0.15, -0.1) is 0 Å². The van der Waals surface area contributed by atoms with E-state index in [1.807, 2.05) is 103 Å². The first-order valence-electron chi connectivity index (χ1n) is 16.7. The highest BCUT2D eigenvalue weighted by molar-refractivity contribution is 5.75. The summed E-state index contributed by atoms with van der Waals surface area (Å²) in [6.07, 6.45) is 0. The molecule has 6 aromatic rings. The standard InChI is InChI=1S/C43H40O10/c1-46-27-32-23-30(24-37(47-2)40(32)52-42(44)50-35-21-13-11-19-33(35)28-15-7-5-8-16-28)31-25-38(48-3)41(39(26-31)49-4)53-43(45)51-36-22-14-12-20-34(36)29-17-9-6-10-18-29/h5-26,42-45H,27H2,1-4H3. The Balaban J connectivity index is 1.26. The summed E-state index contributed by atoms with van der Waals surface area (Å²) in [4.78, 5) is 0. The summed E-state index contributed by atoms with van der Waals surface area (Å²) in [5, 5.41) is 22.0. The molecule has 0 saturated carbocycles. The maximum Gasteiger partial charge on any atom is 0.358 e. The van der Waals surface area contributed by atoms with Gasteiger partial charge in [0, 0.05) is 23.8 Å². The lowest BCUT2D eigenvalue weighted by molar-refractivity contribution is -0.161. The van der Waals surface area contributed by atoms with E-state index in [2.05, 4.69) is 0 Å². The number of benzene rings is 6. The van der Waals surface area contributed by atoms with Crippen molar-refractivity contribution in [3.8, 4) is 73.6 Å². The van der Waals surface area contributed by atoms with Crippen LogP contribution in [0, 0.1) is 0 Å². The van der Waals surface area contributed by atoms with Crippen molar-refractivity contribution in [2.45, 2.75) is 19.6 Å². The van der Waals surface area contributed by atoms with Gasteiger partial charge in [-0.25, -0.2) is 0 Å². The molecule has 0 heterocycles. The Hall–Kier alpha value is -6.20. The van der Waals surface area contributed by atoms with Gasteiger partial charge in [0.2, 0.25) is 5.75 Å². The van der Waals surface area contributed by atoms with E-state index in [1.54, 1.807) is 37.4 Å². The highest BCUT2D eigenvalue weighted by Crippen LogP contribution is 2.45. The van der Waals surface area contributed by atoms with Crippen molar-refractivity contribution < 1.29 is 48.1 Å². The lowest BCUT2D eigenvalue weighted by Gasteiger charge is -2.22. The van der Waals surface area contributed by atoms with Crippen LogP contribution < -0.4 is 33.2 Å². The van der Waals surface area contributed by atoms with Crippen LogP contribution in [-0.2, 0) is 11.3 Å². The van der Waals surface area contributed by atoms with Crippen molar-refractivity contribution in [3.05, 3.63) is 139 Å². The fourth-order valence-corrected chi connectivity index (χ4v) is 5.86. The molecule has 0 amide bonds. The molecule has 6 aromatic carbocycles. The number of rotatable bonds is 16. The summed E-state index contributed by atoms with van der Waals surface area (Å²) in [6.45, 7) is -3.26. The predicted octanol–water partition coefficient (Wildman–Crippen LogP) is 8.33. The normalized spacial score (nSPS) is 12.0. The van der Waals surface area contributed by atoms with Crippen molar-refractivity contribution in [1.29, 1.82) is 0 Å². The summed E-state index contributed by atoms with van der Waals surface area (Å²) in [5.41, 5.74) is 5.34. The summed E-state index contributed by atoms with van der Waals surface area (Å²) in [6, 6.07) is 41.1. The summed E-state index contributed by atoms with van der Waals surface area (Å²) >= 11 is 0. The molecule has 0 aliphatic heterocycles. The molecule has 10 nitrogen and oxygen atoms in total. The number of hydrogen-bond donors (Lipinski definition) is 2. The van der Waals surface area contributed by atoms with E-state index in [1.165, 1.54) is 21.3 Å². The smallest absolute Gasteiger partial charge is 0.358 e. The highest BCUT2D eigenvalue weighted by atomic mass is 16.8. The predicted molar refractivity (Wildman–Crippen MR) is 201 cm³/mol. The van der Waals surface area contributed by atoms with E-state index in [4.69, 9.17) is 37.9 Å². The molecule has 10 heteroatoms. The zero-order chi connectivity index (χ0) is 37.2. The van der Waals surface area contributed by atoms with Gasteiger partial charge in [-0.1, -0.05) is 97.1 Å². The number of aliphatic hydroxyl groups is 2. The highest BCUT2D eigenvalue weighted by Gasteiger charge is 2.24. The van der Waals surface area contributed by atoms with Crippen LogP contribution in [0.5, 0.6) is 40.2 Å². The average Bonchev–Trinajstić information content (AvgIpc) is 3.19. The van der Waals surface area contributed by atoms with Gasteiger partial charge in [0.05, 0.1) is 27.9 Å². The van der Waals surface area contributed by atoms with Gasteiger partial charge in [-0.3, -0.25) is 0 Å². The van der Waals surface area contributed by atoms with E-state index in [0.717, 1.165) is 22.3 Å². The monoisotopic (exact) mass is 716 g/mol. The quantitative estimate of drug-likeness (QED) is 0.0948. The lowest BCUT2D eigenvalue weighted by atomic mass is 10.0.